The summed E-state index contributed by atoms with van der Waals surface area (Å²) >= 11 is 0. The molecule has 2 rings (SSSR count). The van der Waals surface area contributed by atoms with Crippen LogP contribution in [-0.4, -0.2) is 9.90 Å². The highest BCUT2D eigenvalue weighted by molar-refractivity contribution is 5.19. The fraction of sp³-hybridized carbons (Fsp3) is 0.231. The average molecular weight is 212 g/mol. The zero-order chi connectivity index (χ0) is 11.4. The number of rotatable bonds is 3. The van der Waals surface area contributed by atoms with Gasteiger partial charge in [-0.25, -0.2) is 0 Å². The van der Waals surface area contributed by atoms with Gasteiger partial charge in [-0.05, 0) is 18.4 Å². The van der Waals surface area contributed by atoms with E-state index >= 15 is 0 Å². The van der Waals surface area contributed by atoms with Crippen LogP contribution < -0.4 is 4.68 Å². The highest BCUT2D eigenvalue weighted by atomic mass is 15.5. The van der Waals surface area contributed by atoms with E-state index in [-0.39, 0.29) is 0 Å². The molecule has 0 atom stereocenters. The number of hydrogen-bond donors (Lipinski definition) is 0. The van der Waals surface area contributed by atoms with Crippen molar-refractivity contribution in [3.8, 4) is 12.3 Å². The fourth-order valence-electron chi connectivity index (χ4n) is 1.61. The lowest BCUT2D eigenvalue weighted by molar-refractivity contribution is -0.747. The van der Waals surface area contributed by atoms with E-state index in [9.17, 15) is 0 Å². The van der Waals surface area contributed by atoms with E-state index in [1.54, 1.807) is 0 Å². The molecule has 0 aliphatic rings. The SMILES string of the molecule is C#Cc1c[n+](Cc2ccccc2)nn1CC. The van der Waals surface area contributed by atoms with Gasteiger partial charge in [0.25, 0.3) is 0 Å². The first-order valence-electron chi connectivity index (χ1n) is 5.31. The Labute approximate surface area is 95.3 Å². The van der Waals surface area contributed by atoms with Crippen molar-refractivity contribution >= 4 is 0 Å². The minimum absolute atomic E-state index is 0.753. The number of benzene rings is 1. The van der Waals surface area contributed by atoms with Crippen LogP contribution in [0.4, 0.5) is 0 Å². The average Bonchev–Trinajstić information content (AvgIpc) is 2.72. The Morgan fingerprint density at radius 3 is 2.69 bits per heavy atom. The number of terminal acetylenes is 1. The largest absolute Gasteiger partial charge is 0.240 e. The van der Waals surface area contributed by atoms with Gasteiger partial charge in [0, 0.05) is 0 Å². The summed E-state index contributed by atoms with van der Waals surface area (Å²) in [5.41, 5.74) is 2.04. The Bertz CT molecular complexity index is 506. The van der Waals surface area contributed by atoms with E-state index in [0.717, 1.165) is 18.8 Å². The van der Waals surface area contributed by atoms with Gasteiger partial charge < -0.3 is 0 Å². The van der Waals surface area contributed by atoms with Crippen molar-refractivity contribution in [3.63, 3.8) is 0 Å². The van der Waals surface area contributed by atoms with Crippen LogP contribution in [-0.2, 0) is 13.1 Å². The third kappa shape index (κ3) is 2.12. The molecule has 0 fully saturated rings. The van der Waals surface area contributed by atoms with Crippen LogP contribution >= 0.6 is 0 Å². The highest BCUT2D eigenvalue weighted by Gasteiger charge is 2.12. The normalized spacial score (nSPS) is 10.0. The molecule has 0 bridgehead atoms. The standard InChI is InChI=1S/C13H14N3/c1-3-13-11-15(14-16(13)4-2)10-12-8-6-5-7-9-12/h1,5-9,11H,4,10H2,2H3/q+1. The second-order valence-electron chi connectivity index (χ2n) is 3.55. The summed E-state index contributed by atoms with van der Waals surface area (Å²) in [6, 6.07) is 10.2. The third-order valence-corrected chi connectivity index (χ3v) is 2.41. The first kappa shape index (κ1) is 10.4. The summed E-state index contributed by atoms with van der Waals surface area (Å²) in [7, 11) is 0. The van der Waals surface area contributed by atoms with Crippen molar-refractivity contribution in [2.75, 3.05) is 0 Å². The molecule has 0 saturated carbocycles. The van der Waals surface area contributed by atoms with Gasteiger partial charge in [0.05, 0.1) is 5.21 Å². The van der Waals surface area contributed by atoms with Gasteiger partial charge in [0.1, 0.15) is 13.1 Å². The monoisotopic (exact) mass is 212 g/mol. The van der Waals surface area contributed by atoms with Crippen molar-refractivity contribution in [2.45, 2.75) is 20.0 Å². The molecule has 0 amide bonds. The van der Waals surface area contributed by atoms with E-state index < -0.39 is 0 Å². The predicted octanol–water partition coefficient (Wildman–Crippen LogP) is 1.22. The molecule has 1 aromatic heterocycles. The molecule has 3 heteroatoms. The second-order valence-corrected chi connectivity index (χ2v) is 3.55. The zero-order valence-electron chi connectivity index (χ0n) is 9.30. The molecular weight excluding hydrogens is 198 g/mol. The van der Waals surface area contributed by atoms with Gasteiger partial charge in [-0.15, -0.1) is 15.8 Å². The van der Waals surface area contributed by atoms with Gasteiger partial charge in [-0.2, -0.15) is 0 Å². The van der Waals surface area contributed by atoms with Crippen LogP contribution in [0, 0.1) is 12.3 Å². The molecule has 16 heavy (non-hydrogen) atoms. The van der Waals surface area contributed by atoms with Crippen LogP contribution in [0.2, 0.25) is 0 Å². The molecule has 0 N–H and O–H groups in total. The first-order valence-corrected chi connectivity index (χ1v) is 5.31. The fourth-order valence-corrected chi connectivity index (χ4v) is 1.61. The molecule has 1 heterocycles. The minimum atomic E-state index is 0.753. The summed E-state index contributed by atoms with van der Waals surface area (Å²) in [4.78, 5) is 0. The Kier molecular flexibility index (Phi) is 3.02. The molecule has 0 aliphatic carbocycles. The first-order chi connectivity index (χ1) is 7.83. The van der Waals surface area contributed by atoms with Crippen LogP contribution in [0.25, 0.3) is 0 Å². The van der Waals surface area contributed by atoms with Crippen molar-refractivity contribution < 1.29 is 4.68 Å². The van der Waals surface area contributed by atoms with Crippen LogP contribution in [0.3, 0.4) is 0 Å². The second kappa shape index (κ2) is 4.63. The molecule has 0 saturated heterocycles. The molecule has 0 aliphatic heterocycles. The van der Waals surface area contributed by atoms with Gasteiger partial charge in [0.2, 0.25) is 5.69 Å². The van der Waals surface area contributed by atoms with Crippen LogP contribution in [0.5, 0.6) is 0 Å². The smallest absolute Gasteiger partial charge is 0.132 e. The molecule has 3 nitrogen and oxygen atoms in total. The summed E-state index contributed by atoms with van der Waals surface area (Å²) in [6.45, 7) is 3.57. The highest BCUT2D eigenvalue weighted by Crippen LogP contribution is 1.98. The van der Waals surface area contributed by atoms with Crippen molar-refractivity contribution in [3.05, 3.63) is 47.8 Å². The maximum atomic E-state index is 5.41. The Hall–Kier alpha value is -2.08. The molecule has 80 valence electrons. The summed E-state index contributed by atoms with van der Waals surface area (Å²) in [5.74, 6) is 2.63. The molecule has 1 aromatic carbocycles. The number of hydrogen-bond acceptors (Lipinski definition) is 1. The van der Waals surface area contributed by atoms with Crippen molar-refractivity contribution in [1.82, 2.24) is 9.90 Å². The Morgan fingerprint density at radius 1 is 1.38 bits per heavy atom. The number of aromatic nitrogens is 3. The molecular formula is C13H14N3+. The van der Waals surface area contributed by atoms with E-state index in [2.05, 4.69) is 23.3 Å². The Morgan fingerprint density at radius 2 is 2.12 bits per heavy atom. The zero-order valence-corrected chi connectivity index (χ0v) is 9.30. The molecule has 2 aromatic rings. The quantitative estimate of drug-likeness (QED) is 0.554. The maximum absolute atomic E-state index is 5.41. The van der Waals surface area contributed by atoms with Crippen LogP contribution in [0.1, 0.15) is 18.2 Å². The van der Waals surface area contributed by atoms with E-state index in [4.69, 9.17) is 6.42 Å². The Balaban J connectivity index is 2.23. The number of nitrogens with zero attached hydrogens (tertiary/aromatic N) is 3. The van der Waals surface area contributed by atoms with Gasteiger partial charge in [-0.1, -0.05) is 30.3 Å². The molecule has 0 radical (unpaired) electrons. The van der Waals surface area contributed by atoms with Gasteiger partial charge in [0.15, 0.2) is 6.20 Å². The summed E-state index contributed by atoms with van der Waals surface area (Å²) in [5, 5.41) is 4.39. The van der Waals surface area contributed by atoms with Crippen molar-refractivity contribution in [1.29, 1.82) is 0 Å². The lowest BCUT2D eigenvalue weighted by atomic mass is 10.2. The van der Waals surface area contributed by atoms with E-state index in [0.29, 0.717) is 0 Å². The lowest BCUT2D eigenvalue weighted by Gasteiger charge is -1.93. The summed E-state index contributed by atoms with van der Waals surface area (Å²) < 4.78 is 3.69. The van der Waals surface area contributed by atoms with Gasteiger partial charge in [-0.3, -0.25) is 0 Å². The van der Waals surface area contributed by atoms with Crippen molar-refractivity contribution in [2.24, 2.45) is 0 Å². The maximum Gasteiger partial charge on any atom is 0.240 e. The van der Waals surface area contributed by atoms with Gasteiger partial charge >= 0.3 is 0 Å². The summed E-state index contributed by atoms with van der Waals surface area (Å²) in [6.07, 6.45) is 7.31. The topological polar surface area (TPSA) is 21.7 Å². The lowest BCUT2D eigenvalue weighted by Crippen LogP contribution is -2.36. The predicted molar refractivity (Wildman–Crippen MR) is 61.6 cm³/mol. The van der Waals surface area contributed by atoms with Crippen LogP contribution in [0.15, 0.2) is 36.5 Å². The molecule has 0 spiro atoms. The van der Waals surface area contributed by atoms with E-state index in [1.165, 1.54) is 5.56 Å². The third-order valence-electron chi connectivity index (χ3n) is 2.41. The molecule has 0 unspecified atom stereocenters. The minimum Gasteiger partial charge on any atom is -0.132 e. The van der Waals surface area contributed by atoms with E-state index in [1.807, 2.05) is 40.7 Å². The number of aryl methyl sites for hydroxylation is 1.